The lowest BCUT2D eigenvalue weighted by molar-refractivity contribution is -0.675. The van der Waals surface area contributed by atoms with Gasteiger partial charge in [0, 0.05) is 28.1 Å². The number of aryl methyl sites for hydroxylation is 1. The summed E-state index contributed by atoms with van der Waals surface area (Å²) in [6, 6.07) is 4.86. The molecule has 0 amide bonds. The number of carbonyl (C=O) groups is 1. The van der Waals surface area contributed by atoms with E-state index in [1.807, 2.05) is 4.90 Å². The topological polar surface area (TPSA) is 108 Å². The van der Waals surface area contributed by atoms with E-state index in [-0.39, 0.29) is 39.6 Å². The predicted octanol–water partition coefficient (Wildman–Crippen LogP) is 3.34. The van der Waals surface area contributed by atoms with Gasteiger partial charge in [-0.1, -0.05) is 23.6 Å². The highest BCUT2D eigenvalue weighted by atomic mass is 35.5. The van der Waals surface area contributed by atoms with E-state index in [1.54, 1.807) is 26.0 Å². The van der Waals surface area contributed by atoms with Gasteiger partial charge in [-0.05, 0) is 55.6 Å². The Kier molecular flexibility index (Phi) is 5.03. The third-order valence-electron chi connectivity index (χ3n) is 7.27. The molecule has 0 radical (unpaired) electrons. The number of halogens is 2. The molecule has 0 unspecified atom stereocenters. The van der Waals surface area contributed by atoms with E-state index in [1.165, 1.54) is 28.0 Å². The van der Waals surface area contributed by atoms with Crippen LogP contribution in [0.25, 0.3) is 5.69 Å². The van der Waals surface area contributed by atoms with Gasteiger partial charge in [-0.15, -0.1) is 0 Å². The first-order valence-corrected chi connectivity index (χ1v) is 13.4. The van der Waals surface area contributed by atoms with Crippen LogP contribution in [0.1, 0.15) is 66.0 Å². The zero-order chi connectivity index (χ0) is 25.7. The predicted molar refractivity (Wildman–Crippen MR) is 128 cm³/mol. The zero-order valence-electron chi connectivity index (χ0n) is 19.7. The minimum Gasteiger partial charge on any atom is -0.353 e. The van der Waals surface area contributed by atoms with E-state index < -0.39 is 39.3 Å². The summed E-state index contributed by atoms with van der Waals surface area (Å²) >= 11 is 6.29. The smallest absolute Gasteiger partial charge is 0.353 e. The number of aromatic amines is 1. The molecule has 9 nitrogen and oxygen atoms in total. The van der Waals surface area contributed by atoms with Gasteiger partial charge in [-0.25, -0.2) is 17.6 Å². The first-order valence-electron chi connectivity index (χ1n) is 11.6. The fourth-order valence-electron chi connectivity index (χ4n) is 5.52. The number of hydrogen-bond donors (Lipinski definition) is 1. The average molecular weight is 534 g/mol. The molecule has 1 N–H and O–H groups in total. The number of ketones is 1. The van der Waals surface area contributed by atoms with Crippen LogP contribution in [0, 0.1) is 12.7 Å². The van der Waals surface area contributed by atoms with E-state index in [9.17, 15) is 18.0 Å². The van der Waals surface area contributed by atoms with Crippen molar-refractivity contribution >= 4 is 33.1 Å². The molecule has 0 spiro atoms. The Labute approximate surface area is 211 Å². The van der Waals surface area contributed by atoms with Crippen LogP contribution in [0.2, 0.25) is 5.02 Å². The molecule has 1 aromatic heterocycles. The van der Waals surface area contributed by atoms with Crippen LogP contribution in [0.3, 0.4) is 0 Å². The Balaban J connectivity index is 1.62. The lowest BCUT2D eigenvalue weighted by atomic mass is 9.87. The van der Waals surface area contributed by atoms with Crippen molar-refractivity contribution in [3.63, 3.8) is 0 Å². The highest BCUT2D eigenvalue weighted by Crippen LogP contribution is 2.49. The minimum absolute atomic E-state index is 0.0119. The molecule has 0 saturated heterocycles. The second kappa shape index (κ2) is 7.74. The summed E-state index contributed by atoms with van der Waals surface area (Å²) in [6.45, 7) is 4.71. The number of H-pyrrole nitrogens is 1. The average Bonchev–Trinajstić information content (AvgIpc) is 3.57. The van der Waals surface area contributed by atoms with Gasteiger partial charge < -0.3 is 9.32 Å². The van der Waals surface area contributed by atoms with Gasteiger partial charge in [0.2, 0.25) is 15.7 Å². The van der Waals surface area contributed by atoms with E-state index in [0.717, 1.165) is 12.8 Å². The van der Waals surface area contributed by atoms with Crippen LogP contribution in [0.15, 0.2) is 38.4 Å². The molecule has 2 aromatic carbocycles. The lowest BCUT2D eigenvalue weighted by Crippen LogP contribution is -2.55. The highest BCUT2D eigenvalue weighted by molar-refractivity contribution is 7.89. The van der Waals surface area contributed by atoms with Crippen molar-refractivity contribution in [1.82, 2.24) is 9.40 Å². The summed E-state index contributed by atoms with van der Waals surface area (Å²) < 4.78 is 51.7. The van der Waals surface area contributed by atoms with E-state index in [0.29, 0.717) is 16.9 Å². The Morgan fingerprint density at radius 3 is 2.67 bits per heavy atom. The third kappa shape index (κ3) is 3.22. The molecular formula is C24H23ClFN4O5S+. The number of carbonyl (C=O) groups excluding carboxylic acids is 1. The SMILES string of the molecule is CC(=O)c1cc(Cl)cc2c1S(=O)(=O)N([C@@H]1c3oc(=O)[nH][n+]3-c3c(C)ccc(F)c3[C@H]1C)CN2C1CC1. The van der Waals surface area contributed by atoms with Crippen molar-refractivity contribution < 1.29 is 26.7 Å². The molecule has 188 valence electrons. The fraction of sp³-hybridized carbons (Fsp3) is 0.375. The van der Waals surface area contributed by atoms with Crippen LogP contribution < -0.4 is 15.3 Å². The molecule has 1 aliphatic carbocycles. The molecule has 1 fully saturated rings. The Bertz CT molecular complexity index is 1630. The number of fused-ring (bicyclic) bond motifs is 4. The van der Waals surface area contributed by atoms with Gasteiger partial charge in [0.25, 0.3) is 0 Å². The van der Waals surface area contributed by atoms with E-state index >= 15 is 4.39 Å². The van der Waals surface area contributed by atoms with Crippen LogP contribution >= 0.6 is 11.6 Å². The number of rotatable bonds is 3. The fourth-order valence-corrected chi connectivity index (χ4v) is 7.73. The third-order valence-corrected chi connectivity index (χ3v) is 9.39. The number of Topliss-reactive ketones (excluding diaryl/α,β-unsaturated/α-hetero) is 1. The van der Waals surface area contributed by atoms with Gasteiger partial charge in [0.1, 0.15) is 10.7 Å². The number of sulfonamides is 1. The van der Waals surface area contributed by atoms with Gasteiger partial charge in [-0.2, -0.15) is 4.31 Å². The number of hydrogen-bond acceptors (Lipinski definition) is 6. The summed E-state index contributed by atoms with van der Waals surface area (Å²) in [6.07, 6.45) is 1.71. The molecule has 0 bridgehead atoms. The molecule has 2 aliphatic heterocycles. The van der Waals surface area contributed by atoms with Crippen LogP contribution in [-0.2, 0) is 10.0 Å². The minimum atomic E-state index is -4.30. The Morgan fingerprint density at radius 1 is 1.28 bits per heavy atom. The number of benzene rings is 2. The standard InChI is InChI=1S/C24H22ClFN4O5S/c1-11-4-7-17(26)19-12(2)21(23-30(20(11)19)27-24(32)35-23)29-10-28(15-5-6-15)18-9-14(25)8-16(13(3)31)22(18)36(29,33)34/h4,7-9,12,15,21H,5-6,10H2,1-3H3/p+1/t12-,21+/m1/s1. The largest absolute Gasteiger partial charge is 0.470 e. The van der Waals surface area contributed by atoms with Gasteiger partial charge in [-0.3, -0.25) is 4.79 Å². The zero-order valence-corrected chi connectivity index (χ0v) is 21.3. The van der Waals surface area contributed by atoms with Crippen molar-refractivity contribution in [1.29, 1.82) is 0 Å². The number of nitrogens with one attached hydrogen (secondary N) is 1. The lowest BCUT2D eigenvalue weighted by Gasteiger charge is -2.42. The van der Waals surface area contributed by atoms with Crippen molar-refractivity contribution in [2.24, 2.45) is 0 Å². The normalized spacial score (nSPS) is 22.6. The number of nitrogens with zero attached hydrogens (tertiary/aromatic N) is 3. The first kappa shape index (κ1) is 23.4. The number of anilines is 1. The number of aromatic nitrogens is 2. The molecule has 6 rings (SSSR count). The summed E-state index contributed by atoms with van der Waals surface area (Å²) in [5.74, 6) is -2.40. The van der Waals surface area contributed by atoms with Gasteiger partial charge in [0.05, 0.1) is 17.9 Å². The molecule has 3 aromatic rings. The van der Waals surface area contributed by atoms with Crippen LogP contribution in [-0.4, -0.2) is 36.3 Å². The Hall–Kier alpha value is -3.02. The maximum absolute atomic E-state index is 15.2. The van der Waals surface area contributed by atoms with Crippen molar-refractivity contribution in [3.05, 3.63) is 68.2 Å². The van der Waals surface area contributed by atoms with E-state index in [2.05, 4.69) is 5.10 Å². The molecule has 3 aliphatic rings. The monoisotopic (exact) mass is 533 g/mol. The summed E-state index contributed by atoms with van der Waals surface area (Å²) in [7, 11) is -4.30. The second-order valence-corrected chi connectivity index (χ2v) is 11.9. The van der Waals surface area contributed by atoms with Gasteiger partial charge in [0.15, 0.2) is 11.8 Å². The molecule has 2 atom stereocenters. The summed E-state index contributed by atoms with van der Waals surface area (Å²) in [5.41, 5.74) is 1.75. The molecule has 3 heterocycles. The van der Waals surface area contributed by atoms with E-state index in [4.69, 9.17) is 16.0 Å². The molecule has 36 heavy (non-hydrogen) atoms. The second-order valence-electron chi connectivity index (χ2n) is 9.63. The maximum Gasteiger partial charge on any atom is 0.470 e. The molecule has 12 heteroatoms. The first-order chi connectivity index (χ1) is 17.0. The van der Waals surface area contributed by atoms with Crippen LogP contribution in [0.5, 0.6) is 0 Å². The van der Waals surface area contributed by atoms with Crippen LogP contribution in [0.4, 0.5) is 10.1 Å². The summed E-state index contributed by atoms with van der Waals surface area (Å²) in [4.78, 5) is 26.7. The summed E-state index contributed by atoms with van der Waals surface area (Å²) in [5, 5.41) is 2.83. The van der Waals surface area contributed by atoms with Gasteiger partial charge >= 0.3 is 11.6 Å². The molecule has 1 saturated carbocycles. The maximum atomic E-state index is 15.2. The van der Waals surface area contributed by atoms with Crippen molar-refractivity contribution in [3.8, 4) is 5.69 Å². The molecular weight excluding hydrogens is 511 g/mol. The van der Waals surface area contributed by atoms with Crippen molar-refractivity contribution in [2.75, 3.05) is 11.6 Å². The Morgan fingerprint density at radius 2 is 2.00 bits per heavy atom. The quantitative estimate of drug-likeness (QED) is 0.409. The van der Waals surface area contributed by atoms with Crippen molar-refractivity contribution in [2.45, 2.75) is 56.5 Å². The highest BCUT2D eigenvalue weighted by Gasteiger charge is 2.55.